The quantitative estimate of drug-likeness (QED) is 0.525. The number of fused-ring (bicyclic) bond motifs is 1. The number of aliphatic hydroxyl groups excluding tert-OH is 2. The number of carboxylic acid groups (broad SMARTS) is 1. The van der Waals surface area contributed by atoms with E-state index < -0.39 is 23.4 Å². The number of terminal acetylenes is 1. The molecule has 3 N–H and O–H groups in total. The van der Waals surface area contributed by atoms with E-state index in [-0.39, 0.29) is 24.4 Å². The third-order valence-corrected chi connectivity index (χ3v) is 5.33. The number of hydrogen-bond donors (Lipinski definition) is 3. The molecule has 2 aliphatic rings. The molecule has 0 aliphatic heterocycles. The first kappa shape index (κ1) is 15.1. The Morgan fingerprint density at radius 1 is 1.55 bits per heavy atom. The molecule has 6 atom stereocenters. The van der Waals surface area contributed by atoms with Crippen LogP contribution < -0.4 is 0 Å². The highest BCUT2D eigenvalue weighted by Crippen LogP contribution is 2.53. The second-order valence-electron chi connectivity index (χ2n) is 6.29. The van der Waals surface area contributed by atoms with E-state index in [1.165, 1.54) is 0 Å². The molecule has 1 saturated carbocycles. The first-order valence-electron chi connectivity index (χ1n) is 7.04. The molecule has 0 heterocycles. The van der Waals surface area contributed by atoms with Gasteiger partial charge in [0.05, 0.1) is 17.4 Å². The van der Waals surface area contributed by atoms with Crippen molar-refractivity contribution in [3.8, 4) is 12.3 Å². The fraction of sp³-hybridized carbons (Fsp3) is 0.688. The number of rotatable bonds is 2. The topological polar surface area (TPSA) is 77.8 Å². The van der Waals surface area contributed by atoms with Gasteiger partial charge in [0, 0.05) is 18.4 Å². The first-order chi connectivity index (χ1) is 9.37. The van der Waals surface area contributed by atoms with E-state index in [4.69, 9.17) is 6.42 Å². The van der Waals surface area contributed by atoms with E-state index in [0.717, 1.165) is 5.57 Å². The third kappa shape index (κ3) is 1.97. The second-order valence-corrected chi connectivity index (χ2v) is 6.29. The Morgan fingerprint density at radius 3 is 2.70 bits per heavy atom. The molecule has 4 heteroatoms. The van der Waals surface area contributed by atoms with E-state index in [2.05, 4.69) is 5.92 Å². The van der Waals surface area contributed by atoms with Crippen LogP contribution in [-0.2, 0) is 4.79 Å². The Labute approximate surface area is 119 Å². The maximum atomic E-state index is 11.8. The van der Waals surface area contributed by atoms with Crippen LogP contribution in [0.2, 0.25) is 0 Å². The third-order valence-electron chi connectivity index (χ3n) is 5.33. The van der Waals surface area contributed by atoms with Gasteiger partial charge in [-0.2, -0.15) is 0 Å². The van der Waals surface area contributed by atoms with Crippen molar-refractivity contribution in [3.63, 3.8) is 0 Å². The molecule has 0 saturated heterocycles. The van der Waals surface area contributed by atoms with Gasteiger partial charge in [-0.05, 0) is 32.6 Å². The molecule has 0 spiro atoms. The number of aliphatic hydroxyl groups is 2. The lowest BCUT2D eigenvalue weighted by atomic mass is 9.53. The number of carbonyl (C=O) groups is 1. The Morgan fingerprint density at radius 2 is 2.20 bits per heavy atom. The van der Waals surface area contributed by atoms with Crippen LogP contribution in [0.25, 0.3) is 0 Å². The van der Waals surface area contributed by atoms with Crippen LogP contribution in [0.4, 0.5) is 0 Å². The average Bonchev–Trinajstić information content (AvgIpc) is 2.40. The highest BCUT2D eigenvalue weighted by atomic mass is 16.4. The summed E-state index contributed by atoms with van der Waals surface area (Å²) in [6, 6.07) is 0. The van der Waals surface area contributed by atoms with Crippen molar-refractivity contribution in [3.05, 3.63) is 11.6 Å². The zero-order valence-electron chi connectivity index (χ0n) is 11.9. The van der Waals surface area contributed by atoms with Crippen molar-refractivity contribution in [2.24, 2.45) is 29.1 Å². The molecule has 2 aliphatic carbocycles. The van der Waals surface area contributed by atoms with Crippen LogP contribution in [0, 0.1) is 41.4 Å². The fourth-order valence-corrected chi connectivity index (χ4v) is 4.10. The monoisotopic (exact) mass is 278 g/mol. The molecule has 0 aromatic heterocycles. The van der Waals surface area contributed by atoms with Gasteiger partial charge in [0.2, 0.25) is 0 Å². The van der Waals surface area contributed by atoms with Gasteiger partial charge < -0.3 is 15.3 Å². The van der Waals surface area contributed by atoms with E-state index in [1.807, 2.05) is 13.0 Å². The molecule has 0 radical (unpaired) electrons. The first-order valence-corrected chi connectivity index (χ1v) is 7.04. The predicted octanol–water partition coefficient (Wildman–Crippen LogP) is 1.28. The fourth-order valence-electron chi connectivity index (χ4n) is 4.10. The van der Waals surface area contributed by atoms with Gasteiger partial charge in [0.1, 0.15) is 0 Å². The summed E-state index contributed by atoms with van der Waals surface area (Å²) in [5, 5.41) is 29.4. The molecule has 4 nitrogen and oxygen atoms in total. The zero-order chi connectivity index (χ0) is 15.1. The molecule has 1 fully saturated rings. The molecule has 0 unspecified atom stereocenters. The van der Waals surface area contributed by atoms with Crippen LogP contribution in [0.15, 0.2) is 11.6 Å². The lowest BCUT2D eigenvalue weighted by Gasteiger charge is -2.51. The summed E-state index contributed by atoms with van der Waals surface area (Å²) in [5.41, 5.74) is -0.226. The number of hydrogen-bond acceptors (Lipinski definition) is 3. The normalized spacial score (nSPS) is 44.1. The van der Waals surface area contributed by atoms with Crippen LogP contribution in [0.3, 0.4) is 0 Å². The van der Waals surface area contributed by atoms with Gasteiger partial charge in [-0.3, -0.25) is 4.79 Å². The molecule has 110 valence electrons. The Hall–Kier alpha value is -1.31. The van der Waals surface area contributed by atoms with Gasteiger partial charge in [-0.15, -0.1) is 6.42 Å². The van der Waals surface area contributed by atoms with E-state index in [9.17, 15) is 20.1 Å². The van der Waals surface area contributed by atoms with Crippen LogP contribution in [0.5, 0.6) is 0 Å². The summed E-state index contributed by atoms with van der Waals surface area (Å²) in [4.78, 5) is 11.8. The van der Waals surface area contributed by atoms with Gasteiger partial charge in [-0.1, -0.05) is 17.6 Å². The van der Waals surface area contributed by atoms with Crippen LogP contribution in [-0.4, -0.2) is 34.0 Å². The van der Waals surface area contributed by atoms with Crippen LogP contribution >= 0.6 is 0 Å². The minimum atomic E-state index is -1.06. The lowest BCUT2D eigenvalue weighted by molar-refractivity contribution is -0.160. The molecule has 0 aromatic carbocycles. The standard InChI is InChI=1S/C16H22O4/c1-4-12-9(2)7-11-13(16(12,3)15(19)20)6-5-10(8-17)14(11)18/h1,7,10-14,17-18H,5-6,8H2,2-3H3,(H,19,20)/t10-,11-,12+,13+,14-,16+/m1/s1. The molecular formula is C16H22O4. The maximum absolute atomic E-state index is 11.8. The summed E-state index contributed by atoms with van der Waals surface area (Å²) in [6.45, 7) is 3.46. The largest absolute Gasteiger partial charge is 0.481 e. The van der Waals surface area contributed by atoms with Crippen molar-refractivity contribution in [2.75, 3.05) is 6.61 Å². The zero-order valence-corrected chi connectivity index (χ0v) is 11.9. The summed E-state index contributed by atoms with van der Waals surface area (Å²) >= 11 is 0. The average molecular weight is 278 g/mol. The Bertz CT molecular complexity index is 475. The highest BCUT2D eigenvalue weighted by Gasteiger charge is 2.56. The van der Waals surface area contributed by atoms with Crippen molar-refractivity contribution >= 4 is 5.97 Å². The Balaban J connectivity index is 2.49. The van der Waals surface area contributed by atoms with Crippen molar-refractivity contribution in [2.45, 2.75) is 32.8 Å². The Kier molecular flexibility index (Phi) is 3.95. The minimum absolute atomic E-state index is 0.0698. The summed E-state index contributed by atoms with van der Waals surface area (Å²) in [6.07, 6.45) is 8.08. The predicted molar refractivity (Wildman–Crippen MR) is 74.6 cm³/mol. The molecule has 0 aromatic rings. The van der Waals surface area contributed by atoms with Gasteiger partial charge in [-0.25, -0.2) is 0 Å². The maximum Gasteiger partial charge on any atom is 0.311 e. The molecule has 20 heavy (non-hydrogen) atoms. The number of aliphatic carboxylic acids is 1. The molecule has 2 rings (SSSR count). The molecule has 0 amide bonds. The van der Waals surface area contributed by atoms with E-state index in [1.54, 1.807) is 6.92 Å². The smallest absolute Gasteiger partial charge is 0.311 e. The molecular weight excluding hydrogens is 256 g/mol. The van der Waals surface area contributed by atoms with E-state index in [0.29, 0.717) is 12.8 Å². The highest BCUT2D eigenvalue weighted by molar-refractivity contribution is 5.77. The lowest BCUT2D eigenvalue weighted by Crippen LogP contribution is -2.54. The van der Waals surface area contributed by atoms with E-state index >= 15 is 0 Å². The van der Waals surface area contributed by atoms with Crippen LogP contribution in [0.1, 0.15) is 26.7 Å². The molecule has 0 bridgehead atoms. The van der Waals surface area contributed by atoms with Gasteiger partial charge in [0.15, 0.2) is 0 Å². The SMILES string of the molecule is C#C[C@H]1C(C)=C[C@H]2[C@H](O)[C@@H](CO)CC[C@@H]2[C@@]1(C)C(=O)O. The second kappa shape index (κ2) is 5.23. The minimum Gasteiger partial charge on any atom is -0.481 e. The number of allylic oxidation sites excluding steroid dienone is 1. The number of carboxylic acids is 1. The van der Waals surface area contributed by atoms with Crippen molar-refractivity contribution < 1.29 is 20.1 Å². The van der Waals surface area contributed by atoms with Gasteiger partial charge >= 0.3 is 5.97 Å². The summed E-state index contributed by atoms with van der Waals surface area (Å²) in [7, 11) is 0. The summed E-state index contributed by atoms with van der Waals surface area (Å²) < 4.78 is 0. The van der Waals surface area contributed by atoms with Crippen molar-refractivity contribution in [1.29, 1.82) is 0 Å². The van der Waals surface area contributed by atoms with Crippen molar-refractivity contribution in [1.82, 2.24) is 0 Å². The summed E-state index contributed by atoms with van der Waals surface area (Å²) in [5.74, 6) is 0.652. The van der Waals surface area contributed by atoms with Gasteiger partial charge in [0.25, 0.3) is 0 Å².